The number of rotatable bonds is 5. The second-order valence-electron chi connectivity index (χ2n) is 9.97. The Kier molecular flexibility index (Phi) is 8.79. The lowest BCUT2D eigenvalue weighted by Crippen LogP contribution is -2.51. The summed E-state index contributed by atoms with van der Waals surface area (Å²) in [5.41, 5.74) is -1.17. The van der Waals surface area contributed by atoms with Gasteiger partial charge >= 0.3 is 18.8 Å². The van der Waals surface area contributed by atoms with Crippen LogP contribution in [0.5, 0.6) is 5.75 Å². The number of amides is 3. The van der Waals surface area contributed by atoms with Crippen molar-refractivity contribution in [1.82, 2.24) is 9.80 Å². The van der Waals surface area contributed by atoms with Gasteiger partial charge < -0.3 is 14.2 Å². The first-order chi connectivity index (χ1) is 15.6. The van der Waals surface area contributed by atoms with Gasteiger partial charge in [-0.05, 0) is 65.7 Å². The number of imide groups is 1. The minimum atomic E-state index is -2.97. The maximum Gasteiger partial charge on any atom is 0.417 e. The molecule has 0 radical (unpaired) electrons. The summed E-state index contributed by atoms with van der Waals surface area (Å²) >= 11 is 4.43. The largest absolute Gasteiger partial charge is 0.444 e. The van der Waals surface area contributed by atoms with Crippen LogP contribution in [0.25, 0.3) is 0 Å². The third-order valence-corrected chi connectivity index (χ3v) is 4.94. The smallest absolute Gasteiger partial charge is 0.417 e. The molecule has 0 saturated carbocycles. The lowest BCUT2D eigenvalue weighted by atomic mass is 10.1. The predicted molar refractivity (Wildman–Crippen MR) is 124 cm³/mol. The number of benzene rings is 1. The maximum atomic E-state index is 13.5. The number of halogens is 2. The lowest BCUT2D eigenvalue weighted by molar-refractivity contribution is -0.135. The van der Waals surface area contributed by atoms with Crippen molar-refractivity contribution in [2.75, 3.05) is 6.54 Å². The molecule has 0 spiro atoms. The zero-order valence-electron chi connectivity index (χ0n) is 20.2. The second kappa shape index (κ2) is 10.8. The van der Waals surface area contributed by atoms with Gasteiger partial charge in [0.2, 0.25) is 0 Å². The highest BCUT2D eigenvalue weighted by Crippen LogP contribution is 2.27. The Morgan fingerprint density at radius 1 is 1.06 bits per heavy atom. The Morgan fingerprint density at radius 2 is 1.62 bits per heavy atom. The molecular weight excluding hydrogens is 470 g/mol. The molecule has 0 bridgehead atoms. The average molecular weight is 503 g/mol. The number of thiol groups is 1. The number of carbonyl (C=O) groups is 3. The van der Waals surface area contributed by atoms with Gasteiger partial charge in [0.15, 0.2) is 0 Å². The van der Waals surface area contributed by atoms with E-state index in [1.54, 1.807) is 41.5 Å². The molecule has 34 heavy (non-hydrogen) atoms. The first-order valence-corrected chi connectivity index (χ1v) is 11.3. The van der Waals surface area contributed by atoms with E-state index in [9.17, 15) is 23.2 Å². The number of hydrogen-bond donors (Lipinski definition) is 1. The van der Waals surface area contributed by atoms with Crippen LogP contribution in [0.1, 0.15) is 53.5 Å². The first-order valence-electron chi connectivity index (χ1n) is 10.8. The van der Waals surface area contributed by atoms with Crippen LogP contribution in [-0.4, -0.2) is 63.5 Å². The van der Waals surface area contributed by atoms with Crippen LogP contribution >= 0.6 is 12.6 Å². The van der Waals surface area contributed by atoms with E-state index in [-0.39, 0.29) is 30.5 Å². The van der Waals surface area contributed by atoms with Gasteiger partial charge in [-0.3, -0.25) is 9.69 Å². The van der Waals surface area contributed by atoms with Crippen molar-refractivity contribution in [2.45, 2.75) is 83.6 Å². The third-order valence-electron chi connectivity index (χ3n) is 4.56. The number of carbonyl (C=O) groups excluding carboxylic acids is 3. The third kappa shape index (κ3) is 8.34. The van der Waals surface area contributed by atoms with Crippen molar-refractivity contribution in [3.8, 4) is 5.75 Å². The number of ether oxygens (including phenoxy) is 3. The summed E-state index contributed by atoms with van der Waals surface area (Å²) in [6, 6.07) is 4.57. The van der Waals surface area contributed by atoms with E-state index >= 15 is 0 Å². The van der Waals surface area contributed by atoms with E-state index in [1.165, 1.54) is 29.2 Å². The Labute approximate surface area is 203 Å². The highest BCUT2D eigenvalue weighted by atomic mass is 32.1. The minimum absolute atomic E-state index is 0.0568. The molecule has 1 aromatic rings. The summed E-state index contributed by atoms with van der Waals surface area (Å²) in [5.74, 6) is -0.705. The zero-order valence-corrected chi connectivity index (χ0v) is 21.1. The molecule has 2 unspecified atom stereocenters. The van der Waals surface area contributed by atoms with Gasteiger partial charge in [0.1, 0.15) is 23.0 Å². The normalized spacial score (nSPS) is 18.6. The summed E-state index contributed by atoms with van der Waals surface area (Å²) in [6.07, 6.45) is -1.35. The Bertz CT molecular complexity index is 883. The molecule has 1 heterocycles. The van der Waals surface area contributed by atoms with Crippen molar-refractivity contribution < 1.29 is 37.4 Å². The van der Waals surface area contributed by atoms with Crippen molar-refractivity contribution in [3.63, 3.8) is 0 Å². The Morgan fingerprint density at radius 3 is 2.12 bits per heavy atom. The van der Waals surface area contributed by atoms with Crippen LogP contribution in [0, 0.1) is 0 Å². The molecule has 1 saturated heterocycles. The van der Waals surface area contributed by atoms with Crippen molar-refractivity contribution in [1.29, 1.82) is 0 Å². The molecular formula is C23H32F2N2O6S. The molecule has 2 atom stereocenters. The highest BCUT2D eigenvalue weighted by Gasteiger charge is 2.44. The quantitative estimate of drug-likeness (QED) is 0.579. The van der Waals surface area contributed by atoms with E-state index in [1.807, 2.05) is 0 Å². The molecule has 0 aliphatic carbocycles. The van der Waals surface area contributed by atoms with E-state index in [0.29, 0.717) is 5.56 Å². The Hall–Kier alpha value is -2.56. The molecule has 0 aromatic heterocycles. The fourth-order valence-corrected chi connectivity index (χ4v) is 3.63. The van der Waals surface area contributed by atoms with Gasteiger partial charge in [-0.2, -0.15) is 21.4 Å². The molecule has 3 amide bonds. The van der Waals surface area contributed by atoms with Crippen LogP contribution in [-0.2, 0) is 20.8 Å². The van der Waals surface area contributed by atoms with Crippen LogP contribution < -0.4 is 4.74 Å². The molecule has 1 aliphatic heterocycles. The van der Waals surface area contributed by atoms with Gasteiger partial charge in [0, 0.05) is 11.8 Å². The molecule has 1 fully saturated rings. The van der Waals surface area contributed by atoms with E-state index in [2.05, 4.69) is 17.4 Å². The summed E-state index contributed by atoms with van der Waals surface area (Å²) in [5, 5.41) is -0.285. The predicted octanol–water partition coefficient (Wildman–Crippen LogP) is 4.86. The van der Waals surface area contributed by atoms with Crippen LogP contribution in [0.3, 0.4) is 0 Å². The average Bonchev–Trinajstić information content (AvgIpc) is 3.05. The summed E-state index contributed by atoms with van der Waals surface area (Å²) < 4.78 is 40.0. The number of alkyl halides is 2. The molecule has 190 valence electrons. The SMILES string of the molecule is CC(C)(C)OC(=O)N(Cc1ccc(OC(F)F)cc1)C(=O)C1CC(S)CN1C(=O)OC(C)(C)C. The van der Waals surface area contributed by atoms with Gasteiger partial charge in [-0.1, -0.05) is 12.1 Å². The summed E-state index contributed by atoms with van der Waals surface area (Å²) in [7, 11) is 0. The molecule has 8 nitrogen and oxygen atoms in total. The van der Waals surface area contributed by atoms with Gasteiger partial charge in [-0.15, -0.1) is 0 Å². The van der Waals surface area contributed by atoms with Crippen LogP contribution in [0.15, 0.2) is 24.3 Å². The highest BCUT2D eigenvalue weighted by molar-refractivity contribution is 7.81. The minimum Gasteiger partial charge on any atom is -0.444 e. The van der Waals surface area contributed by atoms with Gasteiger partial charge in [-0.25, -0.2) is 14.5 Å². The maximum absolute atomic E-state index is 13.5. The summed E-state index contributed by atoms with van der Waals surface area (Å²) in [6.45, 7) is 7.14. The monoisotopic (exact) mass is 502 g/mol. The molecule has 0 N–H and O–H groups in total. The number of nitrogens with zero attached hydrogens (tertiary/aromatic N) is 2. The second-order valence-corrected chi connectivity index (χ2v) is 10.7. The molecule has 1 aliphatic rings. The molecule has 2 rings (SSSR count). The van der Waals surface area contributed by atoms with E-state index in [4.69, 9.17) is 9.47 Å². The Balaban J connectivity index is 2.30. The van der Waals surface area contributed by atoms with Gasteiger partial charge in [0.25, 0.3) is 5.91 Å². The van der Waals surface area contributed by atoms with Crippen molar-refractivity contribution in [3.05, 3.63) is 29.8 Å². The van der Waals surface area contributed by atoms with Crippen molar-refractivity contribution in [2.24, 2.45) is 0 Å². The fourth-order valence-electron chi connectivity index (χ4n) is 3.26. The lowest BCUT2D eigenvalue weighted by Gasteiger charge is -2.32. The molecule has 11 heteroatoms. The van der Waals surface area contributed by atoms with Gasteiger partial charge in [0.05, 0.1) is 6.54 Å². The van der Waals surface area contributed by atoms with Crippen LogP contribution in [0.4, 0.5) is 18.4 Å². The first kappa shape index (κ1) is 27.7. The van der Waals surface area contributed by atoms with Crippen LogP contribution in [0.2, 0.25) is 0 Å². The van der Waals surface area contributed by atoms with Crippen molar-refractivity contribution >= 4 is 30.7 Å². The fraction of sp³-hybridized carbons (Fsp3) is 0.609. The summed E-state index contributed by atoms with van der Waals surface area (Å²) in [4.78, 5) is 41.4. The zero-order chi connectivity index (χ0) is 25.8. The molecule has 1 aromatic carbocycles. The van der Waals surface area contributed by atoms with E-state index in [0.717, 1.165) is 4.90 Å². The number of likely N-dealkylation sites (tertiary alicyclic amines) is 1. The number of hydrogen-bond acceptors (Lipinski definition) is 7. The van der Waals surface area contributed by atoms with E-state index < -0.39 is 41.9 Å². The standard InChI is InChI=1S/C23H32F2N2O6S/c1-22(2,3)32-20(29)26-13-16(34)11-17(26)18(28)27(21(30)33-23(4,5)6)12-14-7-9-15(10-8-14)31-19(24)25/h7-10,16-17,19,34H,11-13H2,1-6H3. The topological polar surface area (TPSA) is 85.4 Å².